The number of halogens is 3. The van der Waals surface area contributed by atoms with Crippen LogP contribution in [0.2, 0.25) is 0 Å². The summed E-state index contributed by atoms with van der Waals surface area (Å²) in [7, 11) is 0. The first kappa shape index (κ1) is 13.1. The van der Waals surface area contributed by atoms with Gasteiger partial charge in [0.05, 0.1) is 5.69 Å². The predicted molar refractivity (Wildman–Crippen MR) is 63.7 cm³/mol. The molecule has 0 aliphatic carbocycles. The summed E-state index contributed by atoms with van der Waals surface area (Å²) < 4.78 is 0.176. The smallest absolute Gasteiger partial charge is 0.234 e. The van der Waals surface area contributed by atoms with E-state index in [9.17, 15) is 0 Å². The molecule has 15 heavy (non-hydrogen) atoms. The van der Waals surface area contributed by atoms with Gasteiger partial charge < -0.3 is 0 Å². The molecule has 3 nitrogen and oxygen atoms in total. The van der Waals surface area contributed by atoms with Gasteiger partial charge in [0.25, 0.3) is 0 Å². The van der Waals surface area contributed by atoms with Crippen LogP contribution in [0.25, 0.3) is 0 Å². The normalized spacial score (nSPS) is 12.9. The van der Waals surface area contributed by atoms with E-state index in [1.165, 1.54) is 0 Å². The third kappa shape index (κ3) is 2.77. The van der Waals surface area contributed by atoms with Crippen LogP contribution in [0.4, 0.5) is 0 Å². The second-order valence-electron chi connectivity index (χ2n) is 4.01. The van der Waals surface area contributed by atoms with E-state index in [2.05, 4.69) is 10.3 Å². The molecule has 0 unspecified atom stereocenters. The van der Waals surface area contributed by atoms with Crippen molar-refractivity contribution in [2.24, 2.45) is 0 Å². The Morgan fingerprint density at radius 3 is 2.00 bits per heavy atom. The molecule has 0 radical (unpaired) electrons. The Bertz CT molecular complexity index is 313. The zero-order valence-electron chi connectivity index (χ0n) is 9.13. The highest BCUT2D eigenvalue weighted by atomic mass is 35.6. The summed E-state index contributed by atoms with van der Waals surface area (Å²) in [6.45, 7) is 7.93. The van der Waals surface area contributed by atoms with Crippen molar-refractivity contribution < 1.29 is 0 Å². The highest BCUT2D eigenvalue weighted by Gasteiger charge is 2.34. The second kappa shape index (κ2) is 4.48. The lowest BCUT2D eigenvalue weighted by Crippen LogP contribution is -2.16. The first-order valence-electron chi connectivity index (χ1n) is 4.77. The minimum atomic E-state index is -1.48. The Morgan fingerprint density at radius 2 is 1.67 bits per heavy atom. The van der Waals surface area contributed by atoms with Gasteiger partial charge >= 0.3 is 0 Å². The van der Waals surface area contributed by atoms with Crippen molar-refractivity contribution in [1.29, 1.82) is 0 Å². The fourth-order valence-corrected chi connectivity index (χ4v) is 1.88. The maximum atomic E-state index is 5.93. The van der Waals surface area contributed by atoms with Crippen molar-refractivity contribution in [3.8, 4) is 0 Å². The average molecular weight is 271 g/mol. The number of alkyl halides is 3. The number of hydrogen-bond acceptors (Lipinski definition) is 2. The van der Waals surface area contributed by atoms with Gasteiger partial charge in [-0.05, 0) is 19.8 Å². The lowest BCUT2D eigenvalue weighted by molar-refractivity contribution is 0.496. The summed E-state index contributed by atoms with van der Waals surface area (Å²) in [4.78, 5) is 0. The van der Waals surface area contributed by atoms with E-state index in [4.69, 9.17) is 34.8 Å². The molecular weight excluding hydrogens is 256 g/mol. The van der Waals surface area contributed by atoms with Crippen LogP contribution in [-0.2, 0) is 3.79 Å². The molecule has 0 amide bonds. The van der Waals surface area contributed by atoms with Crippen LogP contribution in [-0.4, -0.2) is 15.0 Å². The van der Waals surface area contributed by atoms with Crippen molar-refractivity contribution in [1.82, 2.24) is 15.0 Å². The first-order chi connectivity index (χ1) is 6.75. The van der Waals surface area contributed by atoms with Crippen LogP contribution in [0.15, 0.2) is 0 Å². The van der Waals surface area contributed by atoms with Gasteiger partial charge in [0.15, 0.2) is 0 Å². The lowest BCUT2D eigenvalue weighted by atomic mass is 10.1. The van der Waals surface area contributed by atoms with Gasteiger partial charge in [0.1, 0.15) is 5.69 Å². The third-order valence-corrected chi connectivity index (χ3v) is 2.56. The molecule has 86 valence electrons. The molecule has 0 fully saturated rings. The number of rotatable bonds is 2. The molecule has 0 spiro atoms. The summed E-state index contributed by atoms with van der Waals surface area (Å²) in [6.07, 6.45) is 0. The molecule has 1 aromatic rings. The van der Waals surface area contributed by atoms with Gasteiger partial charge in [-0.25, -0.2) is 4.68 Å². The van der Waals surface area contributed by atoms with Crippen LogP contribution in [0.3, 0.4) is 0 Å². The van der Waals surface area contributed by atoms with Crippen LogP contribution < -0.4 is 0 Å². The van der Waals surface area contributed by atoms with Crippen LogP contribution >= 0.6 is 34.8 Å². The highest BCUT2D eigenvalue weighted by Crippen LogP contribution is 2.41. The SMILES string of the molecule is CC(C)c1nnn(C(C)C)c1C(Cl)(Cl)Cl. The van der Waals surface area contributed by atoms with Crippen LogP contribution in [0.1, 0.15) is 51.0 Å². The molecule has 0 N–H and O–H groups in total. The number of nitrogens with zero attached hydrogens (tertiary/aromatic N) is 3. The minimum Gasteiger partial charge on any atom is -0.242 e. The molecule has 0 atom stereocenters. The molecular formula is C9H14Cl3N3. The molecule has 0 aliphatic rings. The molecule has 1 rings (SSSR count). The molecule has 0 aromatic carbocycles. The monoisotopic (exact) mass is 269 g/mol. The standard InChI is InChI=1S/C9H14Cl3N3/c1-5(2)7-8(9(10,11)12)15(6(3)4)14-13-7/h5-6H,1-4H3. The van der Waals surface area contributed by atoms with Gasteiger partial charge in [0.2, 0.25) is 3.79 Å². The Kier molecular flexibility index (Phi) is 3.90. The van der Waals surface area contributed by atoms with E-state index >= 15 is 0 Å². The first-order valence-corrected chi connectivity index (χ1v) is 5.90. The topological polar surface area (TPSA) is 30.7 Å². The maximum absolute atomic E-state index is 5.93. The van der Waals surface area contributed by atoms with Crippen molar-refractivity contribution >= 4 is 34.8 Å². The van der Waals surface area contributed by atoms with Gasteiger partial charge in [-0.3, -0.25) is 0 Å². The lowest BCUT2D eigenvalue weighted by Gasteiger charge is -2.17. The quantitative estimate of drug-likeness (QED) is 0.765. The summed E-state index contributed by atoms with van der Waals surface area (Å²) in [5, 5.41) is 8.08. The van der Waals surface area contributed by atoms with Gasteiger partial charge in [-0.1, -0.05) is 53.9 Å². The molecule has 0 saturated carbocycles. The van der Waals surface area contributed by atoms with Crippen molar-refractivity contribution in [2.75, 3.05) is 0 Å². The van der Waals surface area contributed by atoms with E-state index in [1.54, 1.807) is 4.68 Å². The van der Waals surface area contributed by atoms with E-state index in [0.717, 1.165) is 5.69 Å². The Hall–Kier alpha value is 0.01000. The zero-order valence-corrected chi connectivity index (χ0v) is 11.4. The van der Waals surface area contributed by atoms with E-state index in [1.807, 2.05) is 27.7 Å². The molecule has 0 aliphatic heterocycles. The van der Waals surface area contributed by atoms with Crippen molar-refractivity contribution in [3.63, 3.8) is 0 Å². The molecule has 0 saturated heterocycles. The van der Waals surface area contributed by atoms with Crippen molar-refractivity contribution in [2.45, 2.75) is 43.4 Å². The fourth-order valence-electron chi connectivity index (χ4n) is 1.33. The molecule has 6 heteroatoms. The van der Waals surface area contributed by atoms with Crippen molar-refractivity contribution in [3.05, 3.63) is 11.4 Å². The molecule has 1 aromatic heterocycles. The Balaban J connectivity index is 3.34. The summed E-state index contributed by atoms with van der Waals surface area (Å²) in [6, 6.07) is 0.121. The largest absolute Gasteiger partial charge is 0.242 e. The van der Waals surface area contributed by atoms with E-state index < -0.39 is 3.79 Å². The summed E-state index contributed by atoms with van der Waals surface area (Å²) >= 11 is 17.8. The van der Waals surface area contributed by atoms with E-state index in [-0.39, 0.29) is 12.0 Å². The predicted octanol–water partition coefficient (Wildman–Crippen LogP) is 3.81. The number of aromatic nitrogens is 3. The van der Waals surface area contributed by atoms with Gasteiger partial charge in [-0.15, -0.1) is 5.10 Å². The second-order valence-corrected chi connectivity index (χ2v) is 6.30. The minimum absolute atomic E-state index is 0.121. The zero-order chi connectivity index (χ0) is 11.8. The maximum Gasteiger partial charge on any atom is 0.234 e. The fraction of sp³-hybridized carbons (Fsp3) is 0.778. The third-order valence-electron chi connectivity index (χ3n) is 2.03. The van der Waals surface area contributed by atoms with Crippen LogP contribution in [0.5, 0.6) is 0 Å². The van der Waals surface area contributed by atoms with Crippen LogP contribution in [0, 0.1) is 0 Å². The summed E-state index contributed by atoms with van der Waals surface area (Å²) in [5.74, 6) is 0.183. The molecule has 1 heterocycles. The Morgan fingerprint density at radius 1 is 1.13 bits per heavy atom. The molecule has 0 bridgehead atoms. The summed E-state index contributed by atoms with van der Waals surface area (Å²) in [5.41, 5.74) is 1.31. The van der Waals surface area contributed by atoms with E-state index in [0.29, 0.717) is 5.69 Å². The number of hydrogen-bond donors (Lipinski definition) is 0. The Labute approximate surface area is 105 Å². The van der Waals surface area contributed by atoms with Gasteiger partial charge in [-0.2, -0.15) is 0 Å². The highest BCUT2D eigenvalue weighted by molar-refractivity contribution is 6.66. The van der Waals surface area contributed by atoms with Gasteiger partial charge in [0, 0.05) is 6.04 Å². The average Bonchev–Trinajstić information content (AvgIpc) is 2.45.